The van der Waals surface area contributed by atoms with Crippen molar-refractivity contribution < 1.29 is 28.1 Å². The number of carbonyl (C=O) groups is 1. The number of benzene rings is 1. The van der Waals surface area contributed by atoms with Crippen molar-refractivity contribution in [2.75, 3.05) is 6.61 Å². The number of rotatable bonds is 3. The van der Waals surface area contributed by atoms with Crippen molar-refractivity contribution in [1.29, 1.82) is 0 Å². The van der Waals surface area contributed by atoms with E-state index >= 15 is 0 Å². The van der Waals surface area contributed by atoms with Gasteiger partial charge in [0.2, 0.25) is 0 Å². The fraction of sp³-hybridized carbons (Fsp3) is 0.308. The molecule has 5 nitrogen and oxygen atoms in total. The third-order valence-corrected chi connectivity index (χ3v) is 2.75. The normalized spacial score (nSPS) is 10.8. The SMILES string of the molecule is CCOC(=O)c1c([O-])c2cc(F)c(F)cc2n[n+]1CC. The smallest absolute Gasteiger partial charge is 0.405 e. The number of hydrogen-bond acceptors (Lipinski definition) is 4. The molecule has 0 N–H and O–H groups in total. The number of esters is 1. The molecule has 0 fully saturated rings. The molecule has 0 unspecified atom stereocenters. The molecule has 1 heterocycles. The van der Waals surface area contributed by atoms with E-state index in [2.05, 4.69) is 5.10 Å². The van der Waals surface area contributed by atoms with Crippen LogP contribution >= 0.6 is 0 Å². The van der Waals surface area contributed by atoms with Gasteiger partial charge in [0.15, 0.2) is 18.2 Å². The van der Waals surface area contributed by atoms with E-state index in [1.54, 1.807) is 13.8 Å². The summed E-state index contributed by atoms with van der Waals surface area (Å²) in [5, 5.41) is 16.1. The zero-order valence-corrected chi connectivity index (χ0v) is 10.9. The highest BCUT2D eigenvalue weighted by Crippen LogP contribution is 2.25. The molecule has 2 rings (SSSR count). The van der Waals surface area contributed by atoms with Gasteiger partial charge in [-0.25, -0.2) is 13.6 Å². The summed E-state index contributed by atoms with van der Waals surface area (Å²) < 4.78 is 32.3. The molecule has 2 aromatic rings. The molecule has 0 aliphatic rings. The van der Waals surface area contributed by atoms with Gasteiger partial charge in [0.1, 0.15) is 5.52 Å². The second-order valence-electron chi connectivity index (χ2n) is 4.00. The van der Waals surface area contributed by atoms with Gasteiger partial charge in [0.05, 0.1) is 6.61 Å². The highest BCUT2D eigenvalue weighted by Gasteiger charge is 2.25. The van der Waals surface area contributed by atoms with Gasteiger partial charge in [0.25, 0.3) is 0 Å². The van der Waals surface area contributed by atoms with Crippen molar-refractivity contribution in [3.63, 3.8) is 0 Å². The van der Waals surface area contributed by atoms with Crippen molar-refractivity contribution >= 4 is 16.9 Å². The van der Waals surface area contributed by atoms with E-state index < -0.39 is 23.4 Å². The summed E-state index contributed by atoms with van der Waals surface area (Å²) in [6.45, 7) is 3.58. The summed E-state index contributed by atoms with van der Waals surface area (Å²) in [6.07, 6.45) is 0. The molecule has 0 amide bonds. The van der Waals surface area contributed by atoms with Crippen LogP contribution in [0.5, 0.6) is 5.75 Å². The average Bonchev–Trinajstić information content (AvgIpc) is 2.41. The van der Waals surface area contributed by atoms with Crippen molar-refractivity contribution in [3.8, 4) is 5.75 Å². The van der Waals surface area contributed by atoms with E-state index in [1.807, 2.05) is 0 Å². The number of ether oxygens (including phenoxy) is 1. The van der Waals surface area contributed by atoms with Gasteiger partial charge in [0, 0.05) is 16.6 Å². The number of fused-ring (bicyclic) bond motifs is 1. The van der Waals surface area contributed by atoms with E-state index in [-0.39, 0.29) is 29.7 Å². The number of halogens is 2. The number of aromatic nitrogens is 2. The lowest BCUT2D eigenvalue weighted by Crippen LogP contribution is -2.44. The van der Waals surface area contributed by atoms with Crippen molar-refractivity contribution in [1.82, 2.24) is 5.10 Å². The summed E-state index contributed by atoms with van der Waals surface area (Å²) in [5.41, 5.74) is -0.309. The monoisotopic (exact) mass is 282 g/mol. The van der Waals surface area contributed by atoms with E-state index in [4.69, 9.17) is 4.74 Å². The Balaban J connectivity index is 2.77. The quantitative estimate of drug-likeness (QED) is 0.624. The lowest BCUT2D eigenvalue weighted by atomic mass is 10.1. The van der Waals surface area contributed by atoms with Crippen LogP contribution in [0.2, 0.25) is 0 Å². The lowest BCUT2D eigenvalue weighted by Gasteiger charge is -2.12. The molecule has 106 valence electrons. The van der Waals surface area contributed by atoms with E-state index in [1.165, 1.54) is 0 Å². The van der Waals surface area contributed by atoms with Crippen LogP contribution in [0.3, 0.4) is 0 Å². The molecule has 0 bridgehead atoms. The first-order valence-electron chi connectivity index (χ1n) is 6.06. The molecule has 0 saturated carbocycles. The Morgan fingerprint density at radius 1 is 1.35 bits per heavy atom. The molecule has 20 heavy (non-hydrogen) atoms. The summed E-state index contributed by atoms with van der Waals surface area (Å²) in [5.74, 6) is -3.83. The second-order valence-corrected chi connectivity index (χ2v) is 4.00. The van der Waals surface area contributed by atoms with Crippen molar-refractivity contribution in [2.45, 2.75) is 20.4 Å². The largest absolute Gasteiger partial charge is 0.867 e. The summed E-state index contributed by atoms with van der Waals surface area (Å²) in [4.78, 5) is 11.8. The minimum absolute atomic E-state index is 0.0104. The summed E-state index contributed by atoms with van der Waals surface area (Å²) in [6, 6.07) is 1.57. The first-order chi connectivity index (χ1) is 9.49. The molecule has 0 atom stereocenters. The molecule has 0 aliphatic carbocycles. The lowest BCUT2D eigenvalue weighted by molar-refractivity contribution is -0.752. The Labute approximate surface area is 113 Å². The van der Waals surface area contributed by atoms with Crippen LogP contribution in [-0.4, -0.2) is 17.7 Å². The van der Waals surface area contributed by atoms with Crippen LogP contribution in [0.15, 0.2) is 12.1 Å². The maximum Gasteiger partial charge on any atom is 0.405 e. The average molecular weight is 282 g/mol. The molecular weight excluding hydrogens is 270 g/mol. The standard InChI is InChI=1S/C13H12F2N2O3/c1-3-17-11(13(19)20-4-2)12(18)7-5-8(14)9(15)6-10(7)16-17/h5-6H,3-4H2,1-2H3. The first-order valence-corrected chi connectivity index (χ1v) is 6.06. The van der Waals surface area contributed by atoms with Gasteiger partial charge in [-0.1, -0.05) is 4.68 Å². The molecule has 0 saturated heterocycles. The van der Waals surface area contributed by atoms with Crippen LogP contribution in [0, 0.1) is 11.6 Å². The predicted molar refractivity (Wildman–Crippen MR) is 62.9 cm³/mol. The minimum Gasteiger partial charge on any atom is -0.867 e. The number of nitrogens with zero attached hydrogens (tertiary/aromatic N) is 2. The molecule has 0 radical (unpaired) electrons. The summed E-state index contributed by atoms with van der Waals surface area (Å²) in [7, 11) is 0. The third-order valence-electron chi connectivity index (χ3n) is 2.75. The van der Waals surface area contributed by atoms with Gasteiger partial charge in [-0.15, -0.1) is 0 Å². The molecule has 0 spiro atoms. The van der Waals surface area contributed by atoms with Crippen molar-refractivity contribution in [3.05, 3.63) is 29.5 Å². The van der Waals surface area contributed by atoms with Gasteiger partial charge < -0.3 is 9.84 Å². The fourth-order valence-electron chi connectivity index (χ4n) is 1.85. The number of carbonyl (C=O) groups excluding carboxylic acids is 1. The van der Waals surface area contributed by atoms with Gasteiger partial charge in [-0.2, -0.15) is 0 Å². The molecule has 1 aromatic heterocycles. The van der Waals surface area contributed by atoms with Crippen LogP contribution in [0.1, 0.15) is 24.3 Å². The highest BCUT2D eigenvalue weighted by atomic mass is 19.2. The number of aryl methyl sites for hydroxylation is 1. The van der Waals surface area contributed by atoms with Crippen LogP contribution < -0.4 is 9.79 Å². The van der Waals surface area contributed by atoms with Crippen LogP contribution in [0.25, 0.3) is 10.9 Å². The zero-order valence-electron chi connectivity index (χ0n) is 10.9. The maximum atomic E-state index is 13.2. The number of hydrogen-bond donors (Lipinski definition) is 0. The Morgan fingerprint density at radius 3 is 2.60 bits per heavy atom. The highest BCUT2D eigenvalue weighted by molar-refractivity contribution is 5.95. The Kier molecular flexibility index (Phi) is 3.78. The Morgan fingerprint density at radius 2 is 2.00 bits per heavy atom. The molecule has 0 aliphatic heterocycles. The molecule has 1 aromatic carbocycles. The summed E-state index contributed by atoms with van der Waals surface area (Å²) >= 11 is 0. The second kappa shape index (κ2) is 5.36. The maximum absolute atomic E-state index is 13.2. The molecular formula is C13H12F2N2O3. The van der Waals surface area contributed by atoms with Gasteiger partial charge in [-0.05, 0) is 25.7 Å². The topological polar surface area (TPSA) is 66.1 Å². The molecule has 7 heteroatoms. The predicted octanol–water partition coefficient (Wildman–Crippen LogP) is 1.07. The van der Waals surface area contributed by atoms with E-state index in [0.29, 0.717) is 0 Å². The Hall–Kier alpha value is -2.31. The fourth-order valence-corrected chi connectivity index (χ4v) is 1.85. The van der Waals surface area contributed by atoms with Crippen LogP contribution in [-0.2, 0) is 11.3 Å². The van der Waals surface area contributed by atoms with Gasteiger partial charge >= 0.3 is 11.7 Å². The third kappa shape index (κ3) is 2.26. The van der Waals surface area contributed by atoms with Gasteiger partial charge in [-0.3, -0.25) is 0 Å². The van der Waals surface area contributed by atoms with E-state index in [0.717, 1.165) is 16.8 Å². The van der Waals surface area contributed by atoms with Crippen LogP contribution in [0.4, 0.5) is 8.78 Å². The van der Waals surface area contributed by atoms with E-state index in [9.17, 15) is 18.7 Å². The van der Waals surface area contributed by atoms with Crippen molar-refractivity contribution in [2.24, 2.45) is 0 Å². The first kappa shape index (κ1) is 14.1. The Bertz CT molecular complexity index is 689. The zero-order chi connectivity index (χ0) is 14.9. The minimum atomic E-state index is -1.17.